The molecule has 0 saturated carbocycles. The minimum atomic E-state index is -0.224. The molecule has 0 saturated heterocycles. The largest absolute Gasteiger partial charge is 0.323 e. The van der Waals surface area contributed by atoms with Crippen LogP contribution in [0.4, 0.5) is 0 Å². The molecule has 0 amide bonds. The molecule has 0 N–H and O–H groups in total. The zero-order valence-electron chi connectivity index (χ0n) is 18.9. The smallest absolute Gasteiger partial charge is 0.197 e. The van der Waals surface area contributed by atoms with Crippen molar-refractivity contribution < 1.29 is 9.59 Å². The molecule has 1 aliphatic carbocycles. The van der Waals surface area contributed by atoms with E-state index in [4.69, 9.17) is 4.98 Å². The Hall–Kier alpha value is -3.83. The zero-order chi connectivity index (χ0) is 23.4. The van der Waals surface area contributed by atoms with Gasteiger partial charge in [0.1, 0.15) is 10.7 Å². The van der Waals surface area contributed by atoms with E-state index in [0.29, 0.717) is 22.9 Å². The Morgan fingerprint density at radius 1 is 0.882 bits per heavy atom. The first-order chi connectivity index (χ1) is 16.5. The van der Waals surface area contributed by atoms with Gasteiger partial charge in [-0.3, -0.25) is 9.59 Å². The lowest BCUT2D eigenvalue weighted by molar-refractivity contribution is 0.0990. The molecule has 0 atom stereocenters. The maximum atomic E-state index is 13.3. The molecule has 0 fully saturated rings. The zero-order valence-corrected chi connectivity index (χ0v) is 19.7. The predicted octanol–water partition coefficient (Wildman–Crippen LogP) is 7.04. The summed E-state index contributed by atoms with van der Waals surface area (Å²) in [6.45, 7) is 5.06. The summed E-state index contributed by atoms with van der Waals surface area (Å²) in [5, 5.41) is 1.91. The summed E-state index contributed by atoms with van der Waals surface area (Å²) < 4.78 is 2.13. The number of carbonyl (C=O) groups is 2. The summed E-state index contributed by atoms with van der Waals surface area (Å²) in [5.41, 5.74) is 3.34. The van der Waals surface area contributed by atoms with Crippen molar-refractivity contribution in [2.75, 3.05) is 0 Å². The number of hydrogen-bond donors (Lipinski definition) is 0. The van der Waals surface area contributed by atoms with Gasteiger partial charge < -0.3 is 4.57 Å². The van der Waals surface area contributed by atoms with Crippen molar-refractivity contribution in [3.05, 3.63) is 95.3 Å². The molecule has 0 radical (unpaired) electrons. The molecule has 4 nitrogen and oxygen atoms in total. The second-order valence-corrected chi connectivity index (χ2v) is 10.1. The number of benzene rings is 3. The fraction of sp³-hybridized carbons (Fsp3) is 0.138. The van der Waals surface area contributed by atoms with Crippen LogP contribution < -0.4 is 0 Å². The van der Waals surface area contributed by atoms with Crippen LogP contribution in [0.3, 0.4) is 0 Å². The molecule has 0 bridgehead atoms. The fourth-order valence-corrected chi connectivity index (χ4v) is 5.66. The highest BCUT2D eigenvalue weighted by molar-refractivity contribution is 7.21. The second-order valence-electron chi connectivity index (χ2n) is 9.10. The van der Waals surface area contributed by atoms with Crippen molar-refractivity contribution in [1.29, 1.82) is 0 Å². The van der Waals surface area contributed by atoms with E-state index < -0.39 is 0 Å². The van der Waals surface area contributed by atoms with E-state index >= 15 is 0 Å². The molecule has 6 rings (SSSR count). The van der Waals surface area contributed by atoms with Gasteiger partial charge in [0.2, 0.25) is 0 Å². The van der Waals surface area contributed by atoms with Crippen molar-refractivity contribution in [2.45, 2.75) is 20.4 Å². The molecule has 0 spiro atoms. The number of imidazole rings is 1. The van der Waals surface area contributed by atoms with Gasteiger partial charge in [0.05, 0.1) is 11.1 Å². The van der Waals surface area contributed by atoms with Crippen LogP contribution in [-0.2, 0) is 6.54 Å². The van der Waals surface area contributed by atoms with Crippen LogP contribution in [0, 0.1) is 5.92 Å². The summed E-state index contributed by atoms with van der Waals surface area (Å²) in [5.74, 6) is 0.590. The molecule has 2 aromatic heterocycles. The third-order valence-corrected chi connectivity index (χ3v) is 7.29. The maximum Gasteiger partial charge on any atom is 0.197 e. The van der Waals surface area contributed by atoms with Crippen molar-refractivity contribution in [1.82, 2.24) is 9.55 Å². The van der Waals surface area contributed by atoms with Crippen LogP contribution in [0.25, 0.3) is 37.6 Å². The van der Waals surface area contributed by atoms with E-state index in [1.807, 2.05) is 54.6 Å². The molecule has 0 unspecified atom stereocenters. The topological polar surface area (TPSA) is 52.0 Å². The first-order valence-corrected chi connectivity index (χ1v) is 12.2. The number of nitrogens with zero attached hydrogens (tertiary/aromatic N) is 2. The van der Waals surface area contributed by atoms with Crippen LogP contribution in [0.2, 0.25) is 0 Å². The molecule has 5 heteroatoms. The Morgan fingerprint density at radius 2 is 1.50 bits per heavy atom. The standard InChI is InChI=1S/C29H22N2O2S/c1-17(2)16-31-24-15-25(18-8-4-3-5-9-18)34-29(24)30-26(31)14-23-27(32)21-12-19-10-6-7-11-20(19)13-22(21)28(23)33/h3-15,17H,16H2,1-2H3. The monoisotopic (exact) mass is 462 g/mol. The van der Waals surface area contributed by atoms with Crippen molar-refractivity contribution in [2.24, 2.45) is 5.92 Å². The van der Waals surface area contributed by atoms with Crippen molar-refractivity contribution in [3.8, 4) is 10.4 Å². The summed E-state index contributed by atoms with van der Waals surface area (Å²) in [6, 6.07) is 23.9. The minimum absolute atomic E-state index is 0.191. The van der Waals surface area contributed by atoms with E-state index in [1.165, 1.54) is 0 Å². The van der Waals surface area contributed by atoms with Gasteiger partial charge in [0.15, 0.2) is 11.6 Å². The van der Waals surface area contributed by atoms with Crippen LogP contribution in [-0.4, -0.2) is 21.1 Å². The molecule has 5 aromatic rings. The van der Waals surface area contributed by atoms with Gasteiger partial charge in [-0.15, -0.1) is 11.3 Å². The Bertz CT molecular complexity index is 1580. The Kier molecular flexibility index (Phi) is 4.82. The van der Waals surface area contributed by atoms with E-state index in [2.05, 4.69) is 36.6 Å². The van der Waals surface area contributed by atoms with Crippen LogP contribution in [0.15, 0.2) is 78.4 Å². The lowest BCUT2D eigenvalue weighted by atomic mass is 10.0. The number of thiophene rings is 1. The summed E-state index contributed by atoms with van der Waals surface area (Å²) in [7, 11) is 0. The van der Waals surface area contributed by atoms with E-state index in [1.54, 1.807) is 17.4 Å². The lowest BCUT2D eigenvalue weighted by Gasteiger charge is -2.09. The first-order valence-electron chi connectivity index (χ1n) is 11.4. The quantitative estimate of drug-likeness (QED) is 0.213. The van der Waals surface area contributed by atoms with Gasteiger partial charge in [0, 0.05) is 22.5 Å². The minimum Gasteiger partial charge on any atom is -0.323 e. The van der Waals surface area contributed by atoms with Crippen LogP contribution >= 0.6 is 11.3 Å². The summed E-state index contributed by atoms with van der Waals surface area (Å²) in [4.78, 5) is 33.4. The van der Waals surface area contributed by atoms with E-state index in [9.17, 15) is 9.59 Å². The number of hydrogen-bond acceptors (Lipinski definition) is 4. The first kappa shape index (κ1) is 20.8. The van der Waals surface area contributed by atoms with Crippen LogP contribution in [0.1, 0.15) is 40.4 Å². The highest BCUT2D eigenvalue weighted by Gasteiger charge is 2.34. The summed E-state index contributed by atoms with van der Waals surface area (Å²) >= 11 is 1.63. The van der Waals surface area contributed by atoms with Gasteiger partial charge in [-0.05, 0) is 46.5 Å². The molecule has 3 aromatic carbocycles. The number of carbonyl (C=O) groups excluding carboxylic acids is 2. The molecular formula is C29H22N2O2S. The van der Waals surface area contributed by atoms with Crippen molar-refractivity contribution >= 4 is 50.1 Å². The van der Waals surface area contributed by atoms with Gasteiger partial charge in [-0.2, -0.15) is 0 Å². The molecule has 2 heterocycles. The van der Waals surface area contributed by atoms with E-state index in [-0.39, 0.29) is 17.1 Å². The Morgan fingerprint density at radius 3 is 2.12 bits per heavy atom. The van der Waals surface area contributed by atoms with Gasteiger partial charge in [-0.25, -0.2) is 4.98 Å². The summed E-state index contributed by atoms with van der Waals surface area (Å²) in [6.07, 6.45) is 1.69. The van der Waals surface area contributed by atoms with E-state index in [0.717, 1.165) is 38.1 Å². The highest BCUT2D eigenvalue weighted by atomic mass is 32.1. The third-order valence-electron chi connectivity index (χ3n) is 6.22. The SMILES string of the molecule is CC(C)Cn1c(C=C2C(=O)c3cc4ccccc4cc3C2=O)nc2sc(-c3ccccc3)cc21. The molecule has 0 aliphatic heterocycles. The lowest BCUT2D eigenvalue weighted by Crippen LogP contribution is -2.08. The van der Waals surface area contributed by atoms with Gasteiger partial charge in [0.25, 0.3) is 0 Å². The number of Topliss-reactive ketones (excluding diaryl/α,β-unsaturated/α-hetero) is 2. The Labute approximate surface area is 201 Å². The van der Waals surface area contributed by atoms with Crippen LogP contribution in [0.5, 0.6) is 0 Å². The predicted molar refractivity (Wildman–Crippen MR) is 138 cm³/mol. The number of ketones is 2. The van der Waals surface area contributed by atoms with Gasteiger partial charge >= 0.3 is 0 Å². The normalized spacial score (nSPS) is 13.4. The molecule has 1 aliphatic rings. The number of allylic oxidation sites excluding steroid dienone is 1. The number of aromatic nitrogens is 2. The number of rotatable bonds is 4. The van der Waals surface area contributed by atoms with Crippen molar-refractivity contribution in [3.63, 3.8) is 0 Å². The highest BCUT2D eigenvalue weighted by Crippen LogP contribution is 2.36. The maximum absolute atomic E-state index is 13.3. The molecule has 166 valence electrons. The molecule has 34 heavy (non-hydrogen) atoms. The fourth-order valence-electron chi connectivity index (χ4n) is 4.61. The average Bonchev–Trinajstić information content (AvgIpc) is 3.46. The Balaban J connectivity index is 1.47. The third kappa shape index (κ3) is 3.32. The molecular weight excluding hydrogens is 440 g/mol. The second kappa shape index (κ2) is 7.89. The average molecular weight is 463 g/mol. The number of fused-ring (bicyclic) bond motifs is 3. The van der Waals surface area contributed by atoms with Gasteiger partial charge in [-0.1, -0.05) is 68.4 Å².